The van der Waals surface area contributed by atoms with Gasteiger partial charge < -0.3 is 25.8 Å². The van der Waals surface area contributed by atoms with Gasteiger partial charge in [-0.05, 0) is 6.07 Å². The van der Waals surface area contributed by atoms with Crippen molar-refractivity contribution in [1.29, 1.82) is 0 Å². The average molecular weight is 291 g/mol. The number of hydrogen-bond donors (Lipinski definition) is 4. The maximum absolute atomic E-state index is 11.5. The third-order valence-corrected chi connectivity index (χ3v) is 2.64. The van der Waals surface area contributed by atoms with Crippen LogP contribution in [-0.2, 0) is 4.74 Å². The van der Waals surface area contributed by atoms with Gasteiger partial charge in [0.2, 0.25) is 0 Å². The van der Waals surface area contributed by atoms with E-state index >= 15 is 0 Å². The molecule has 4 atom stereocenters. The number of aromatic nitrogens is 2. The van der Waals surface area contributed by atoms with E-state index in [4.69, 9.17) is 15.6 Å². The molecule has 0 bridgehead atoms. The van der Waals surface area contributed by atoms with E-state index in [1.54, 1.807) is 0 Å². The molecule has 10 heteroatoms. The Morgan fingerprint density at radius 3 is 2.47 bits per heavy atom. The summed E-state index contributed by atoms with van der Waals surface area (Å²) in [4.78, 5) is 15.0. The third-order valence-electron chi connectivity index (χ3n) is 2.64. The first-order valence-electron chi connectivity index (χ1n) is 5.01. The van der Waals surface area contributed by atoms with Gasteiger partial charge in [0.15, 0.2) is 6.23 Å². The number of rotatable bonds is 2. The molecule has 0 saturated carbocycles. The van der Waals surface area contributed by atoms with Crippen LogP contribution < -0.4 is 11.4 Å². The zero-order chi connectivity index (χ0) is 12.6. The van der Waals surface area contributed by atoms with Crippen LogP contribution in [0.25, 0.3) is 0 Å². The molecule has 0 spiro atoms. The van der Waals surface area contributed by atoms with Crippen molar-refractivity contribution < 1.29 is 20.1 Å². The summed E-state index contributed by atoms with van der Waals surface area (Å²) in [6.07, 6.45) is -3.27. The Morgan fingerprint density at radius 1 is 1.37 bits per heavy atom. The third kappa shape index (κ3) is 4.01. The fourth-order valence-electron chi connectivity index (χ4n) is 1.73. The minimum atomic E-state index is -1.31. The molecule has 2 rings (SSSR count). The van der Waals surface area contributed by atoms with Gasteiger partial charge in [-0.25, -0.2) is 4.79 Å². The zero-order valence-electron chi connectivity index (χ0n) is 8.80. The molecule has 1 saturated heterocycles. The van der Waals surface area contributed by atoms with E-state index in [0.29, 0.717) is 0 Å². The predicted octanol–water partition coefficient (Wildman–Crippen LogP) is -3.86. The van der Waals surface area contributed by atoms with Crippen molar-refractivity contribution in [2.24, 2.45) is 0 Å². The van der Waals surface area contributed by atoms with Crippen LogP contribution in [0.15, 0.2) is 17.1 Å². The number of anilines is 1. The molecule has 98 valence electrons. The summed E-state index contributed by atoms with van der Waals surface area (Å²) in [5.74, 6) is 0.0537. The molecule has 1 aliphatic heterocycles. The van der Waals surface area contributed by atoms with Crippen LogP contribution in [0.1, 0.15) is 6.23 Å². The number of hydrogen-bond acceptors (Lipinski definition) is 7. The number of nitrogens with two attached hydrogens (primary N) is 1. The van der Waals surface area contributed by atoms with E-state index < -0.39 is 36.8 Å². The quantitative estimate of drug-likeness (QED) is 0.410. The van der Waals surface area contributed by atoms with Crippen molar-refractivity contribution in [3.05, 3.63) is 22.7 Å². The van der Waals surface area contributed by atoms with Crippen LogP contribution in [0.3, 0.4) is 0 Å². The summed E-state index contributed by atoms with van der Waals surface area (Å²) in [7, 11) is 0. The predicted molar refractivity (Wildman–Crippen MR) is 70.2 cm³/mol. The van der Waals surface area contributed by atoms with Gasteiger partial charge in [0.1, 0.15) is 24.1 Å². The molecule has 8 nitrogen and oxygen atoms in total. The van der Waals surface area contributed by atoms with Crippen molar-refractivity contribution in [2.75, 3.05) is 12.3 Å². The first-order valence-corrected chi connectivity index (χ1v) is 5.01. The molecule has 2 heterocycles. The van der Waals surface area contributed by atoms with Crippen molar-refractivity contribution in [1.82, 2.24) is 9.55 Å². The Kier molecular flexibility index (Phi) is 8.30. The Balaban J connectivity index is 0.00000162. The minimum absolute atomic E-state index is 0. The van der Waals surface area contributed by atoms with Gasteiger partial charge in [0.05, 0.1) is 6.61 Å². The number of aliphatic hydroxyl groups excluding tert-OH is 3. The molecule has 1 aliphatic rings. The van der Waals surface area contributed by atoms with Gasteiger partial charge in [-0.15, -0.1) is 0 Å². The van der Waals surface area contributed by atoms with Crippen LogP contribution in [0, 0.1) is 0 Å². The maximum atomic E-state index is 11.5. The van der Waals surface area contributed by atoms with Crippen LogP contribution in [-0.4, -0.2) is 109 Å². The van der Waals surface area contributed by atoms with Crippen LogP contribution in [0.5, 0.6) is 0 Å². The summed E-state index contributed by atoms with van der Waals surface area (Å²) in [5, 5.41) is 28.2. The molecule has 0 amide bonds. The average Bonchev–Trinajstić information content (AvgIpc) is 2.57. The second-order valence-corrected chi connectivity index (χ2v) is 3.77. The van der Waals surface area contributed by atoms with Gasteiger partial charge in [-0.2, -0.15) is 4.98 Å². The summed E-state index contributed by atoms with van der Waals surface area (Å²) < 4.78 is 6.19. The van der Waals surface area contributed by atoms with Crippen LogP contribution >= 0.6 is 0 Å². The molecule has 0 aliphatic carbocycles. The van der Waals surface area contributed by atoms with Gasteiger partial charge >= 0.3 is 64.8 Å². The summed E-state index contributed by atoms with van der Waals surface area (Å²) in [6.45, 7) is -0.453. The molecule has 0 radical (unpaired) electrons. The number of nitrogens with zero attached hydrogens (tertiary/aromatic N) is 2. The summed E-state index contributed by atoms with van der Waals surface area (Å²) >= 11 is 0. The Labute approximate surface area is 153 Å². The standard InChI is InChI=1S/C9H13N3O5.2Na.2H/c10-5-1-2-12(9(16)11-5)8-7(15)6(14)4(3-13)17-8;;;;/h1-2,4,6-8,13-15H,3H2,(H2,10,11,16);;;;/t4-,6?,7?,8-;;;;/m1..../s1. The Hall–Kier alpha value is 0.520. The SMILES string of the molecule is Nc1ccn([C@@H]2O[C@H](CO)C(O)C2O)c(=O)n1.[NaH].[NaH]. The second-order valence-electron chi connectivity index (χ2n) is 3.77. The van der Waals surface area contributed by atoms with Crippen molar-refractivity contribution in [2.45, 2.75) is 24.5 Å². The Bertz CT molecular complexity index is 471. The van der Waals surface area contributed by atoms with Gasteiger partial charge in [-0.1, -0.05) is 0 Å². The monoisotopic (exact) mass is 291 g/mol. The molecule has 2 unspecified atom stereocenters. The van der Waals surface area contributed by atoms with E-state index in [1.165, 1.54) is 12.3 Å². The second kappa shape index (κ2) is 8.08. The number of nitrogen functional groups attached to an aromatic ring is 1. The summed E-state index contributed by atoms with van der Waals surface area (Å²) in [5.41, 5.74) is 4.63. The van der Waals surface area contributed by atoms with Crippen molar-refractivity contribution in [3.63, 3.8) is 0 Å². The van der Waals surface area contributed by atoms with E-state index in [9.17, 15) is 15.0 Å². The Morgan fingerprint density at radius 2 is 2.00 bits per heavy atom. The van der Waals surface area contributed by atoms with Gasteiger partial charge in [-0.3, -0.25) is 4.57 Å². The first-order chi connectivity index (χ1) is 8.04. The van der Waals surface area contributed by atoms with E-state index in [1.807, 2.05) is 0 Å². The molecule has 5 N–H and O–H groups in total. The van der Waals surface area contributed by atoms with E-state index in [0.717, 1.165) is 4.57 Å². The van der Waals surface area contributed by atoms with Crippen LogP contribution in [0.2, 0.25) is 0 Å². The number of aliphatic hydroxyl groups is 3. The number of ether oxygens (including phenoxy) is 1. The van der Waals surface area contributed by atoms with E-state index in [-0.39, 0.29) is 64.9 Å². The zero-order valence-corrected chi connectivity index (χ0v) is 8.80. The molecule has 1 fully saturated rings. The van der Waals surface area contributed by atoms with Crippen LogP contribution in [0.4, 0.5) is 5.82 Å². The molecular formula is C9H15N3Na2O5. The van der Waals surface area contributed by atoms with Gasteiger partial charge in [0.25, 0.3) is 0 Å². The fraction of sp³-hybridized carbons (Fsp3) is 0.556. The topological polar surface area (TPSA) is 131 Å². The molecule has 1 aromatic heterocycles. The molecule has 1 aromatic rings. The van der Waals surface area contributed by atoms with Crippen molar-refractivity contribution in [3.8, 4) is 0 Å². The summed E-state index contributed by atoms with van der Waals surface area (Å²) in [6, 6.07) is 1.37. The normalized spacial score (nSPS) is 29.4. The van der Waals surface area contributed by atoms with E-state index in [2.05, 4.69) is 4.98 Å². The molecule has 0 aromatic carbocycles. The fourth-order valence-corrected chi connectivity index (χ4v) is 1.73. The molecular weight excluding hydrogens is 276 g/mol. The van der Waals surface area contributed by atoms with Crippen molar-refractivity contribution >= 4 is 64.9 Å². The van der Waals surface area contributed by atoms with Gasteiger partial charge in [0, 0.05) is 6.20 Å². The first kappa shape index (κ1) is 19.5. The molecule has 19 heavy (non-hydrogen) atoms.